The normalized spacial score (nSPS) is 15.1. The van der Waals surface area contributed by atoms with E-state index in [2.05, 4.69) is 4.98 Å². The topological polar surface area (TPSA) is 58.4 Å². The van der Waals surface area contributed by atoms with Crippen molar-refractivity contribution in [2.75, 3.05) is 18.0 Å². The molecule has 5 nitrogen and oxygen atoms in total. The summed E-state index contributed by atoms with van der Waals surface area (Å²) in [5.74, 6) is -1.17. The summed E-state index contributed by atoms with van der Waals surface area (Å²) in [7, 11) is 0. The lowest BCUT2D eigenvalue weighted by Crippen LogP contribution is -2.50. The van der Waals surface area contributed by atoms with Gasteiger partial charge in [0, 0.05) is 30.7 Å². The molecule has 0 aliphatic carbocycles. The van der Waals surface area contributed by atoms with Gasteiger partial charge >= 0.3 is 12.1 Å². The number of hydrogen-bond donors (Lipinski definition) is 1. The van der Waals surface area contributed by atoms with Crippen LogP contribution in [0.1, 0.15) is 16.8 Å². The fraction of sp³-hybridized carbons (Fsp3) is 0.300. The zero-order chi connectivity index (χ0) is 20.2. The number of pyridine rings is 1. The molecule has 2 aromatic heterocycles. The van der Waals surface area contributed by atoms with Crippen LogP contribution < -0.4 is 4.90 Å². The molecule has 1 fully saturated rings. The van der Waals surface area contributed by atoms with Gasteiger partial charge in [-0.15, -0.1) is 0 Å². The third kappa shape index (κ3) is 3.08. The number of carbonyl (C=O) groups is 1. The lowest BCUT2D eigenvalue weighted by molar-refractivity contribution is -0.142. The molecular weight excluding hydrogens is 371 g/mol. The summed E-state index contributed by atoms with van der Waals surface area (Å²) in [4.78, 5) is 16.8. The molecule has 28 heavy (non-hydrogen) atoms. The summed E-state index contributed by atoms with van der Waals surface area (Å²) >= 11 is 0. The van der Waals surface area contributed by atoms with Crippen LogP contribution in [0.2, 0.25) is 0 Å². The SMILES string of the molecule is Cc1cc(N2CC(C(=O)O)C2)cc(-n2cc(C)c3nc(C(F)(F)F)ccc32)c1. The largest absolute Gasteiger partial charge is 0.481 e. The maximum absolute atomic E-state index is 13.0. The average molecular weight is 389 g/mol. The summed E-state index contributed by atoms with van der Waals surface area (Å²) in [6.07, 6.45) is -2.72. The van der Waals surface area contributed by atoms with Crippen LogP contribution in [0.5, 0.6) is 0 Å². The molecule has 3 heterocycles. The van der Waals surface area contributed by atoms with Crippen molar-refractivity contribution in [3.63, 3.8) is 0 Å². The summed E-state index contributed by atoms with van der Waals surface area (Å²) < 4.78 is 40.8. The van der Waals surface area contributed by atoms with Crippen LogP contribution in [0.3, 0.4) is 0 Å². The summed E-state index contributed by atoms with van der Waals surface area (Å²) in [6.45, 7) is 4.55. The molecule has 146 valence electrons. The van der Waals surface area contributed by atoms with Crippen LogP contribution in [-0.2, 0) is 11.0 Å². The number of aliphatic carboxylic acids is 1. The van der Waals surface area contributed by atoms with Crippen LogP contribution in [0, 0.1) is 19.8 Å². The van der Waals surface area contributed by atoms with Gasteiger partial charge in [0.25, 0.3) is 0 Å². The van der Waals surface area contributed by atoms with E-state index < -0.39 is 17.8 Å². The quantitative estimate of drug-likeness (QED) is 0.730. The monoisotopic (exact) mass is 389 g/mol. The predicted octanol–water partition coefficient (Wildman–Crippen LogP) is 4.18. The zero-order valence-electron chi connectivity index (χ0n) is 15.3. The van der Waals surface area contributed by atoms with E-state index in [9.17, 15) is 18.0 Å². The highest BCUT2D eigenvalue weighted by Gasteiger charge is 2.34. The smallest absolute Gasteiger partial charge is 0.433 e. The molecule has 8 heteroatoms. The van der Waals surface area contributed by atoms with E-state index in [1.54, 1.807) is 13.1 Å². The van der Waals surface area contributed by atoms with Gasteiger partial charge in [-0.3, -0.25) is 4.79 Å². The van der Waals surface area contributed by atoms with Gasteiger partial charge in [-0.1, -0.05) is 0 Å². The van der Waals surface area contributed by atoms with Crippen LogP contribution in [0.4, 0.5) is 18.9 Å². The minimum atomic E-state index is -4.49. The van der Waals surface area contributed by atoms with Crippen molar-refractivity contribution in [3.8, 4) is 5.69 Å². The van der Waals surface area contributed by atoms with Gasteiger partial charge < -0.3 is 14.6 Å². The van der Waals surface area contributed by atoms with Crippen molar-refractivity contribution in [1.82, 2.24) is 9.55 Å². The number of fused-ring (bicyclic) bond motifs is 1. The number of benzene rings is 1. The van der Waals surface area contributed by atoms with Crippen LogP contribution in [0.25, 0.3) is 16.7 Å². The Morgan fingerprint density at radius 1 is 1.14 bits per heavy atom. The van der Waals surface area contributed by atoms with E-state index in [0.717, 1.165) is 23.0 Å². The highest BCUT2D eigenvalue weighted by Crippen LogP contribution is 2.33. The van der Waals surface area contributed by atoms with Gasteiger partial charge in [0.15, 0.2) is 0 Å². The van der Waals surface area contributed by atoms with Crippen molar-refractivity contribution in [1.29, 1.82) is 0 Å². The molecule has 0 bridgehead atoms. The maximum Gasteiger partial charge on any atom is 0.433 e. The van der Waals surface area contributed by atoms with Crippen molar-refractivity contribution >= 4 is 22.7 Å². The van der Waals surface area contributed by atoms with E-state index in [1.807, 2.05) is 34.6 Å². The second-order valence-corrected chi connectivity index (χ2v) is 7.21. The van der Waals surface area contributed by atoms with Gasteiger partial charge in [-0.25, -0.2) is 4.98 Å². The molecule has 0 radical (unpaired) electrons. The fourth-order valence-electron chi connectivity index (χ4n) is 3.54. The molecule has 3 aromatic rings. The Hall–Kier alpha value is -3.03. The third-order valence-corrected chi connectivity index (χ3v) is 5.04. The number of aromatic nitrogens is 2. The molecule has 0 amide bonds. The predicted molar refractivity (Wildman–Crippen MR) is 98.9 cm³/mol. The summed E-state index contributed by atoms with van der Waals surface area (Å²) in [5, 5.41) is 9.07. The third-order valence-electron chi connectivity index (χ3n) is 5.04. The Balaban J connectivity index is 1.75. The Bertz CT molecular complexity index is 1080. The summed E-state index contributed by atoms with van der Waals surface area (Å²) in [5.41, 5.74) is 3.32. The molecule has 1 N–H and O–H groups in total. The molecule has 4 rings (SSSR count). The number of anilines is 1. The number of hydrogen-bond acceptors (Lipinski definition) is 3. The van der Waals surface area contributed by atoms with Gasteiger partial charge in [0.2, 0.25) is 0 Å². The first kappa shape index (κ1) is 18.3. The van der Waals surface area contributed by atoms with Gasteiger partial charge in [0.1, 0.15) is 5.69 Å². The first-order valence-electron chi connectivity index (χ1n) is 8.79. The van der Waals surface area contributed by atoms with Crippen LogP contribution in [0.15, 0.2) is 36.5 Å². The molecule has 1 aliphatic rings. The van der Waals surface area contributed by atoms with E-state index in [1.165, 1.54) is 6.07 Å². The molecule has 0 spiro atoms. The van der Waals surface area contributed by atoms with Gasteiger partial charge in [0.05, 0.1) is 17.0 Å². The lowest BCUT2D eigenvalue weighted by atomic mass is 9.99. The number of rotatable bonds is 3. The Morgan fingerprint density at radius 3 is 2.46 bits per heavy atom. The molecule has 0 saturated carbocycles. The van der Waals surface area contributed by atoms with Crippen molar-refractivity contribution in [2.24, 2.45) is 5.92 Å². The second kappa shape index (κ2) is 6.25. The van der Waals surface area contributed by atoms with E-state index in [4.69, 9.17) is 5.11 Å². The highest BCUT2D eigenvalue weighted by atomic mass is 19.4. The number of carboxylic acids is 1. The number of nitrogens with zero attached hydrogens (tertiary/aromatic N) is 3. The van der Waals surface area contributed by atoms with Crippen molar-refractivity contribution in [3.05, 3.63) is 53.3 Å². The minimum absolute atomic E-state index is 0.313. The molecule has 0 unspecified atom stereocenters. The fourth-order valence-corrected chi connectivity index (χ4v) is 3.54. The summed E-state index contributed by atoms with van der Waals surface area (Å²) in [6, 6.07) is 8.25. The van der Waals surface area contributed by atoms with Crippen LogP contribution >= 0.6 is 0 Å². The van der Waals surface area contributed by atoms with Gasteiger partial charge in [-0.2, -0.15) is 13.2 Å². The lowest BCUT2D eigenvalue weighted by Gasteiger charge is -2.39. The average Bonchev–Trinajstić information content (AvgIpc) is 2.88. The number of alkyl halides is 3. The van der Waals surface area contributed by atoms with E-state index >= 15 is 0 Å². The standard InChI is InChI=1S/C20H18F3N3O2/c1-11-5-14(25-9-13(10-25)19(27)28)7-15(6-11)26-8-12(2)18-16(26)3-4-17(24-18)20(21,22)23/h3-8,13H,9-10H2,1-2H3,(H,27,28). The molecule has 1 aromatic carbocycles. The second-order valence-electron chi connectivity index (χ2n) is 7.21. The first-order chi connectivity index (χ1) is 13.1. The zero-order valence-corrected chi connectivity index (χ0v) is 15.3. The Morgan fingerprint density at radius 2 is 1.82 bits per heavy atom. The van der Waals surface area contributed by atoms with E-state index in [0.29, 0.717) is 29.7 Å². The number of carboxylic acid groups (broad SMARTS) is 1. The Kier molecular flexibility index (Phi) is 4.10. The number of aryl methyl sites for hydroxylation is 2. The van der Waals surface area contributed by atoms with Crippen molar-refractivity contribution in [2.45, 2.75) is 20.0 Å². The molecular formula is C20H18F3N3O2. The minimum Gasteiger partial charge on any atom is -0.481 e. The first-order valence-corrected chi connectivity index (χ1v) is 8.79. The maximum atomic E-state index is 13.0. The molecule has 0 atom stereocenters. The molecule has 1 saturated heterocycles. The molecule has 1 aliphatic heterocycles. The van der Waals surface area contributed by atoms with E-state index in [-0.39, 0.29) is 5.92 Å². The highest BCUT2D eigenvalue weighted by molar-refractivity contribution is 5.82. The Labute approximate surface area is 159 Å². The van der Waals surface area contributed by atoms with Gasteiger partial charge in [-0.05, 0) is 55.3 Å². The number of halogens is 3. The van der Waals surface area contributed by atoms with Crippen molar-refractivity contribution < 1.29 is 23.1 Å². The van der Waals surface area contributed by atoms with Crippen LogP contribution in [-0.4, -0.2) is 33.7 Å².